The first-order valence-electron chi connectivity index (χ1n) is 5.84. The molecule has 0 aliphatic carbocycles. The van der Waals surface area contributed by atoms with Gasteiger partial charge in [0.05, 0.1) is 17.9 Å². The number of nitrogens with one attached hydrogen (secondary N) is 1. The predicted octanol–water partition coefficient (Wildman–Crippen LogP) is 2.64. The Balaban J connectivity index is 2.96. The van der Waals surface area contributed by atoms with Crippen LogP contribution in [0.15, 0.2) is 28.5 Å². The van der Waals surface area contributed by atoms with Crippen molar-refractivity contribution in [3.63, 3.8) is 0 Å². The molecule has 0 spiro atoms. The highest BCUT2D eigenvalue weighted by molar-refractivity contribution is 6.59. The minimum Gasteiger partial charge on any atom is -0.461 e. The van der Waals surface area contributed by atoms with Crippen molar-refractivity contribution in [3.05, 3.63) is 29.6 Å². The van der Waals surface area contributed by atoms with Crippen molar-refractivity contribution < 1.29 is 32.3 Å². The van der Waals surface area contributed by atoms with Gasteiger partial charge in [0, 0.05) is 0 Å². The van der Waals surface area contributed by atoms with Crippen LogP contribution in [0.4, 0.5) is 23.2 Å². The van der Waals surface area contributed by atoms with Crippen molar-refractivity contribution in [2.75, 3.05) is 12.0 Å². The molecule has 6 nitrogen and oxygen atoms in total. The summed E-state index contributed by atoms with van der Waals surface area (Å²) >= 11 is 0. The molecule has 0 aliphatic rings. The van der Waals surface area contributed by atoms with Gasteiger partial charge in [-0.3, -0.25) is 5.43 Å². The minimum atomic E-state index is -4.81. The van der Waals surface area contributed by atoms with E-state index < -0.39 is 29.2 Å². The zero-order chi connectivity index (χ0) is 16.8. The van der Waals surface area contributed by atoms with Crippen LogP contribution in [0.1, 0.15) is 12.5 Å². The van der Waals surface area contributed by atoms with Crippen LogP contribution in [-0.2, 0) is 15.7 Å². The number of carbonyl (C=O) groups excluding carboxylic acids is 1. The van der Waals surface area contributed by atoms with E-state index in [0.29, 0.717) is 18.3 Å². The van der Waals surface area contributed by atoms with E-state index in [0.717, 1.165) is 6.07 Å². The van der Waals surface area contributed by atoms with Crippen LogP contribution in [0.5, 0.6) is 0 Å². The number of benzene rings is 1. The lowest BCUT2D eigenvalue weighted by Crippen LogP contribution is -2.20. The number of hydrogen-bond acceptors (Lipinski definition) is 6. The molecule has 1 rings (SSSR count). The van der Waals surface area contributed by atoms with Crippen molar-refractivity contribution in [2.45, 2.75) is 13.1 Å². The summed E-state index contributed by atoms with van der Waals surface area (Å²) in [5.41, 5.74) is 0.145. The summed E-state index contributed by atoms with van der Waals surface area (Å²) < 4.78 is 55.1. The number of rotatable bonds is 5. The smallest absolute Gasteiger partial charge is 0.419 e. The molecule has 0 atom stereocenters. The van der Waals surface area contributed by atoms with E-state index in [1.807, 2.05) is 0 Å². The Hall–Kier alpha value is -2.65. The molecule has 10 heteroatoms. The summed E-state index contributed by atoms with van der Waals surface area (Å²) in [6.45, 7) is 1.57. The third kappa shape index (κ3) is 4.72. The summed E-state index contributed by atoms with van der Waals surface area (Å²) in [6, 6.07) is 2.01. The third-order valence-corrected chi connectivity index (χ3v) is 2.24. The third-order valence-electron chi connectivity index (χ3n) is 2.24. The van der Waals surface area contributed by atoms with Crippen LogP contribution in [0.2, 0.25) is 0 Å². The Bertz CT molecular complexity index is 600. The van der Waals surface area contributed by atoms with Crippen molar-refractivity contribution >= 4 is 23.6 Å². The van der Waals surface area contributed by atoms with Crippen LogP contribution >= 0.6 is 0 Å². The summed E-state index contributed by atoms with van der Waals surface area (Å²) in [5, 5.41) is 14.5. The molecule has 0 fully saturated rings. The highest BCUT2D eigenvalue weighted by Gasteiger charge is 2.33. The Morgan fingerprint density at radius 2 is 2.14 bits per heavy atom. The molecular formula is C12H11F4N3O3. The van der Waals surface area contributed by atoms with Gasteiger partial charge in [0.15, 0.2) is 5.71 Å². The molecule has 0 unspecified atom stereocenters. The molecule has 2 N–H and O–H groups in total. The Morgan fingerprint density at radius 1 is 1.45 bits per heavy atom. The number of halogens is 4. The number of oxime groups is 1. The van der Waals surface area contributed by atoms with Crippen molar-refractivity contribution in [2.24, 2.45) is 10.3 Å². The molecule has 0 aliphatic heterocycles. The Morgan fingerprint density at radius 3 is 2.64 bits per heavy atom. The average molecular weight is 321 g/mol. The molecule has 0 radical (unpaired) electrons. The molecule has 1 aromatic carbocycles. The predicted molar refractivity (Wildman–Crippen MR) is 69.4 cm³/mol. The fraction of sp³-hybridized carbons (Fsp3) is 0.250. The van der Waals surface area contributed by atoms with Crippen molar-refractivity contribution in [1.82, 2.24) is 0 Å². The van der Waals surface area contributed by atoms with Crippen LogP contribution < -0.4 is 5.43 Å². The highest BCUT2D eigenvalue weighted by atomic mass is 19.4. The topological polar surface area (TPSA) is 83.3 Å². The van der Waals surface area contributed by atoms with Gasteiger partial charge in [0.25, 0.3) is 0 Å². The van der Waals surface area contributed by atoms with Crippen LogP contribution in [0, 0.1) is 5.82 Å². The lowest BCUT2D eigenvalue weighted by molar-refractivity contribution is -0.140. The molecule has 1 aromatic rings. The van der Waals surface area contributed by atoms with Crippen molar-refractivity contribution in [1.29, 1.82) is 0 Å². The normalized spacial score (nSPS) is 12.5. The molecule has 0 bridgehead atoms. The number of esters is 1. The van der Waals surface area contributed by atoms with Crippen molar-refractivity contribution in [3.8, 4) is 0 Å². The molecule has 0 heterocycles. The monoisotopic (exact) mass is 321 g/mol. The van der Waals surface area contributed by atoms with Gasteiger partial charge in [-0.1, -0.05) is 5.16 Å². The van der Waals surface area contributed by atoms with Gasteiger partial charge in [-0.25, -0.2) is 9.18 Å². The van der Waals surface area contributed by atoms with E-state index in [1.165, 1.54) is 6.92 Å². The number of hydrazone groups is 1. The second-order valence-corrected chi connectivity index (χ2v) is 3.77. The number of nitrogens with zero attached hydrogens (tertiary/aromatic N) is 2. The fourth-order valence-corrected chi connectivity index (χ4v) is 1.33. The molecule has 120 valence electrons. The molecule has 0 aromatic heterocycles. The van der Waals surface area contributed by atoms with E-state index in [4.69, 9.17) is 5.21 Å². The largest absolute Gasteiger partial charge is 0.461 e. The zero-order valence-electron chi connectivity index (χ0n) is 11.2. The van der Waals surface area contributed by atoms with Gasteiger partial charge >= 0.3 is 12.1 Å². The Kier molecular flexibility index (Phi) is 5.84. The zero-order valence-corrected chi connectivity index (χ0v) is 11.2. The number of alkyl halides is 3. The lowest BCUT2D eigenvalue weighted by atomic mass is 10.2. The highest BCUT2D eigenvalue weighted by Crippen LogP contribution is 2.32. The maximum absolute atomic E-state index is 13.3. The number of anilines is 1. The molecule has 0 amide bonds. The SMILES string of the molecule is CCOC(=O)C(C=NO)=NNc1ccc(C(F)(F)F)c(F)c1. The second-order valence-electron chi connectivity index (χ2n) is 3.77. The van der Waals surface area contributed by atoms with Crippen LogP contribution in [-0.4, -0.2) is 29.7 Å². The lowest BCUT2D eigenvalue weighted by Gasteiger charge is -2.09. The Labute approximate surface area is 122 Å². The van der Waals surface area contributed by atoms with Gasteiger partial charge in [-0.05, 0) is 25.1 Å². The van der Waals surface area contributed by atoms with E-state index >= 15 is 0 Å². The number of hydrogen-bond donors (Lipinski definition) is 2. The van der Waals surface area contributed by atoms with Gasteiger partial charge < -0.3 is 9.94 Å². The molecule has 0 saturated carbocycles. The molecule has 0 saturated heterocycles. The number of ether oxygens (including phenoxy) is 1. The van der Waals surface area contributed by atoms with E-state index in [9.17, 15) is 22.4 Å². The quantitative estimate of drug-likeness (QED) is 0.287. The standard InChI is InChI=1S/C12H11F4N3O3/c1-2-22-11(20)10(6-17-21)19-18-7-3-4-8(9(13)5-7)12(14,15)16/h3-6,18,21H,2H2,1H3. The fourth-order valence-electron chi connectivity index (χ4n) is 1.33. The van der Waals surface area contributed by atoms with Gasteiger partial charge in [-0.15, -0.1) is 0 Å². The van der Waals surface area contributed by atoms with Crippen LogP contribution in [0.3, 0.4) is 0 Å². The van der Waals surface area contributed by atoms with Gasteiger partial charge in [0.1, 0.15) is 12.0 Å². The van der Waals surface area contributed by atoms with Gasteiger partial charge in [0.2, 0.25) is 0 Å². The van der Waals surface area contributed by atoms with E-state index in [-0.39, 0.29) is 12.3 Å². The summed E-state index contributed by atoms with van der Waals surface area (Å²) in [4.78, 5) is 11.4. The van der Waals surface area contributed by atoms with Crippen LogP contribution in [0.25, 0.3) is 0 Å². The number of carbonyl (C=O) groups is 1. The van der Waals surface area contributed by atoms with E-state index in [1.54, 1.807) is 0 Å². The summed E-state index contributed by atoms with van der Waals surface area (Å²) in [6.07, 6.45) is -4.16. The average Bonchev–Trinajstić information content (AvgIpc) is 2.42. The summed E-state index contributed by atoms with van der Waals surface area (Å²) in [7, 11) is 0. The first-order valence-corrected chi connectivity index (χ1v) is 5.84. The first-order chi connectivity index (χ1) is 10.3. The first kappa shape index (κ1) is 17.4. The summed E-state index contributed by atoms with van der Waals surface area (Å²) in [5.74, 6) is -2.43. The molecular weight excluding hydrogens is 310 g/mol. The maximum Gasteiger partial charge on any atom is 0.419 e. The van der Waals surface area contributed by atoms with E-state index in [2.05, 4.69) is 20.4 Å². The minimum absolute atomic E-state index is 0.0338. The molecule has 22 heavy (non-hydrogen) atoms. The van der Waals surface area contributed by atoms with Gasteiger partial charge in [-0.2, -0.15) is 18.3 Å². The maximum atomic E-state index is 13.3. The second kappa shape index (κ2) is 7.38.